The van der Waals surface area contributed by atoms with E-state index in [1.807, 2.05) is 12.1 Å². The Labute approximate surface area is 133 Å². The van der Waals surface area contributed by atoms with E-state index in [0.717, 1.165) is 16.7 Å². The molecule has 6 heteroatoms. The van der Waals surface area contributed by atoms with E-state index in [1.54, 1.807) is 26.4 Å². The number of hydrogen-bond acceptors (Lipinski definition) is 4. The first-order valence-corrected chi connectivity index (χ1v) is 8.24. The van der Waals surface area contributed by atoms with Gasteiger partial charge in [-0.3, -0.25) is 0 Å². The third kappa shape index (κ3) is 2.58. The quantitative estimate of drug-likeness (QED) is 0.405. The van der Waals surface area contributed by atoms with Crippen molar-refractivity contribution in [1.29, 1.82) is 0 Å². The van der Waals surface area contributed by atoms with Crippen LogP contribution in [-0.2, 0) is 0 Å². The Kier molecular flexibility index (Phi) is 3.88. The fourth-order valence-electron chi connectivity index (χ4n) is 2.26. The van der Waals surface area contributed by atoms with Crippen LogP contribution in [0.4, 0.5) is 5.69 Å². The van der Waals surface area contributed by atoms with Gasteiger partial charge in [0, 0.05) is 0 Å². The third-order valence-corrected chi connectivity index (χ3v) is 5.79. The van der Waals surface area contributed by atoms with Crippen LogP contribution in [0.3, 0.4) is 0 Å². The van der Waals surface area contributed by atoms with Crippen molar-refractivity contribution in [3.63, 3.8) is 0 Å². The number of nitro benzene ring substituents is 1. The molecule has 1 heterocycles. The summed E-state index contributed by atoms with van der Waals surface area (Å²) in [5.41, 5.74) is 1.12. The average Bonchev–Trinajstić information content (AvgIpc) is 2.96. The summed E-state index contributed by atoms with van der Waals surface area (Å²) in [7, 11) is 3.24. The zero-order valence-electron chi connectivity index (χ0n) is 12.0. The van der Waals surface area contributed by atoms with E-state index in [0.29, 0.717) is 5.75 Å². The van der Waals surface area contributed by atoms with Gasteiger partial charge in [0.25, 0.3) is 0 Å². The summed E-state index contributed by atoms with van der Waals surface area (Å²) in [5, 5.41) is 11.8. The van der Waals surface area contributed by atoms with E-state index in [1.165, 1.54) is 20.8 Å². The minimum absolute atomic E-state index is 0.107. The van der Waals surface area contributed by atoms with E-state index in [9.17, 15) is 10.1 Å². The number of nitro groups is 1. The number of non-ortho nitro benzene ring substituents is 1. The second-order valence-corrected chi connectivity index (χ2v) is 6.93. The van der Waals surface area contributed by atoms with E-state index in [4.69, 9.17) is 9.47 Å². The molecule has 0 amide bonds. The first kappa shape index (κ1) is 14.6. The fraction of sp³-hybridized carbons (Fsp3) is 0.125. The number of ether oxygens (including phenoxy) is 2. The molecule has 0 aliphatic carbocycles. The molecule has 0 radical (unpaired) electrons. The molecule has 0 saturated carbocycles. The van der Waals surface area contributed by atoms with E-state index >= 15 is 0 Å². The van der Waals surface area contributed by atoms with Crippen LogP contribution in [0.2, 0.25) is 0 Å². The number of nitrogens with zero attached hydrogens (tertiary/aromatic N) is 1. The van der Waals surface area contributed by atoms with Crippen LogP contribution >= 0.6 is 0 Å². The van der Waals surface area contributed by atoms with Gasteiger partial charge in [0.1, 0.15) is 0 Å². The van der Waals surface area contributed by atoms with Gasteiger partial charge >= 0.3 is 133 Å². The van der Waals surface area contributed by atoms with Gasteiger partial charge in [0.05, 0.1) is 0 Å². The van der Waals surface area contributed by atoms with E-state index in [2.05, 4.69) is 6.07 Å². The number of methoxy groups -OCH3 is 2. The molecule has 2 aromatic carbocycles. The minimum atomic E-state index is -0.386. The maximum absolute atomic E-state index is 10.7. The Morgan fingerprint density at radius 3 is 2.23 bits per heavy atom. The van der Waals surface area contributed by atoms with Crippen molar-refractivity contribution >= 4 is 29.8 Å². The molecule has 0 unspecified atom stereocenters. The van der Waals surface area contributed by atoms with Crippen LogP contribution in [-0.4, -0.2) is 33.6 Å². The molecule has 112 valence electrons. The molecule has 0 aliphatic heterocycles. The zero-order chi connectivity index (χ0) is 15.7. The third-order valence-electron chi connectivity index (χ3n) is 3.39. The van der Waals surface area contributed by atoms with Gasteiger partial charge in [-0.05, 0) is 0 Å². The van der Waals surface area contributed by atoms with E-state index < -0.39 is 0 Å². The topological polar surface area (TPSA) is 61.6 Å². The van der Waals surface area contributed by atoms with Gasteiger partial charge < -0.3 is 0 Å². The Balaban J connectivity index is 2.06. The SMILES string of the molecule is COc1cc2cc(-c3ccc([N+](=O)[O-])cc3)[se]c2cc1OC. The van der Waals surface area contributed by atoms with Crippen molar-refractivity contribution in [3.8, 4) is 21.5 Å². The van der Waals surface area contributed by atoms with Crippen molar-refractivity contribution in [1.82, 2.24) is 0 Å². The van der Waals surface area contributed by atoms with Gasteiger partial charge in [-0.2, -0.15) is 0 Å². The van der Waals surface area contributed by atoms with Crippen LogP contribution < -0.4 is 9.47 Å². The number of benzene rings is 2. The predicted molar refractivity (Wildman–Crippen MR) is 86.1 cm³/mol. The summed E-state index contributed by atoms with van der Waals surface area (Å²) >= 11 is 0.144. The first-order valence-electron chi connectivity index (χ1n) is 6.53. The summed E-state index contributed by atoms with van der Waals surface area (Å²) in [6, 6.07) is 12.8. The fourth-order valence-corrected chi connectivity index (χ4v) is 4.52. The molecule has 3 rings (SSSR count). The summed E-state index contributed by atoms with van der Waals surface area (Å²) in [5.74, 6) is 1.43. The summed E-state index contributed by atoms with van der Waals surface area (Å²) in [6.45, 7) is 0. The molecule has 0 N–H and O–H groups in total. The maximum atomic E-state index is 10.7. The number of rotatable bonds is 4. The second kappa shape index (κ2) is 5.83. The van der Waals surface area contributed by atoms with Crippen LogP contribution in [0.15, 0.2) is 42.5 Å². The molecule has 0 aliphatic rings. The molecule has 0 spiro atoms. The monoisotopic (exact) mass is 363 g/mol. The average molecular weight is 362 g/mol. The summed E-state index contributed by atoms with van der Waals surface area (Å²) < 4.78 is 13.1. The van der Waals surface area contributed by atoms with Crippen LogP contribution in [0.25, 0.3) is 19.6 Å². The Hall–Kier alpha value is -2.30. The van der Waals surface area contributed by atoms with Crippen molar-refractivity contribution in [2.75, 3.05) is 14.2 Å². The molecule has 0 atom stereocenters. The van der Waals surface area contributed by atoms with Crippen molar-refractivity contribution in [2.45, 2.75) is 0 Å². The zero-order valence-corrected chi connectivity index (χ0v) is 13.7. The van der Waals surface area contributed by atoms with Gasteiger partial charge in [-0.15, -0.1) is 0 Å². The van der Waals surface area contributed by atoms with Crippen LogP contribution in [0, 0.1) is 10.1 Å². The second-order valence-electron chi connectivity index (χ2n) is 4.66. The predicted octanol–water partition coefficient (Wildman–Crippen LogP) is 3.49. The van der Waals surface area contributed by atoms with Gasteiger partial charge in [-0.25, -0.2) is 0 Å². The standard InChI is InChI=1S/C16H13NO4Se/c1-20-13-7-11-8-15(22-16(11)9-14(13)21-2)10-3-5-12(6-4-10)17(18)19/h3-9H,1-2H3. The van der Waals surface area contributed by atoms with E-state index in [-0.39, 0.29) is 25.1 Å². The van der Waals surface area contributed by atoms with Gasteiger partial charge in [0.15, 0.2) is 0 Å². The first-order chi connectivity index (χ1) is 10.6. The van der Waals surface area contributed by atoms with Gasteiger partial charge in [-0.1, -0.05) is 0 Å². The van der Waals surface area contributed by atoms with Crippen LogP contribution in [0.5, 0.6) is 11.5 Å². The van der Waals surface area contributed by atoms with Crippen LogP contribution in [0.1, 0.15) is 0 Å². The normalized spacial score (nSPS) is 10.6. The summed E-state index contributed by atoms with van der Waals surface area (Å²) in [4.78, 5) is 10.3. The number of hydrogen-bond donors (Lipinski definition) is 0. The number of fused-ring (bicyclic) bond motifs is 1. The Morgan fingerprint density at radius 2 is 1.64 bits per heavy atom. The molecule has 1 aromatic heterocycles. The molecule has 22 heavy (non-hydrogen) atoms. The Bertz CT molecular complexity index is 798. The van der Waals surface area contributed by atoms with Crippen molar-refractivity contribution in [2.24, 2.45) is 0 Å². The molecule has 3 aromatic rings. The molecule has 5 nitrogen and oxygen atoms in total. The van der Waals surface area contributed by atoms with Gasteiger partial charge in [0.2, 0.25) is 0 Å². The molecular weight excluding hydrogens is 349 g/mol. The molecular formula is C16H13NO4Se. The summed E-state index contributed by atoms with van der Waals surface area (Å²) in [6.07, 6.45) is 0. The van der Waals surface area contributed by atoms with Crippen molar-refractivity contribution in [3.05, 3.63) is 52.6 Å². The molecule has 0 saturated heterocycles. The Morgan fingerprint density at radius 1 is 1.00 bits per heavy atom. The molecule has 0 bridgehead atoms. The molecule has 0 fully saturated rings. The van der Waals surface area contributed by atoms with Crippen molar-refractivity contribution < 1.29 is 14.4 Å².